The number of aryl methyl sites for hydroxylation is 1. The molecule has 2 aliphatic rings. The number of anilines is 1. The Hall–Kier alpha value is -3.81. The normalized spacial score (nSPS) is 19.5. The molecule has 1 aromatic heterocycles. The molecule has 42 heavy (non-hydrogen) atoms. The number of likely N-dealkylation sites (N-methyl/N-ethyl adjacent to an activating group) is 1. The number of nitrogens with zero attached hydrogens (tertiary/aromatic N) is 4. The monoisotopic (exact) mass is 599 g/mol. The third kappa shape index (κ3) is 6.63. The predicted molar refractivity (Wildman–Crippen MR) is 155 cm³/mol. The van der Waals surface area contributed by atoms with Crippen LogP contribution < -0.4 is 18.9 Å². The van der Waals surface area contributed by atoms with Crippen LogP contribution in [0.25, 0.3) is 0 Å². The van der Waals surface area contributed by atoms with E-state index in [4.69, 9.17) is 14.2 Å². The highest BCUT2D eigenvalue weighted by molar-refractivity contribution is 7.92. The molecule has 0 radical (unpaired) electrons. The van der Waals surface area contributed by atoms with Crippen LogP contribution in [0.1, 0.15) is 25.0 Å². The van der Waals surface area contributed by atoms with Crippen LogP contribution in [0.2, 0.25) is 0 Å². The highest BCUT2D eigenvalue weighted by Crippen LogP contribution is 2.33. The third-order valence-corrected chi connectivity index (χ3v) is 8.77. The quantitative estimate of drug-likeness (QED) is 0.380. The van der Waals surface area contributed by atoms with E-state index < -0.39 is 10.0 Å². The number of hydrogen-bond acceptors (Lipinski definition) is 9. The van der Waals surface area contributed by atoms with Crippen molar-refractivity contribution in [2.24, 2.45) is 13.0 Å². The number of nitrogens with one attached hydrogen (secondary N) is 1. The van der Waals surface area contributed by atoms with Gasteiger partial charge < -0.3 is 28.8 Å². The first-order valence-corrected chi connectivity index (χ1v) is 15.3. The second-order valence-electron chi connectivity index (χ2n) is 11.1. The maximum Gasteiger partial charge on any atom is 0.280 e. The molecule has 3 atom stereocenters. The zero-order valence-electron chi connectivity index (χ0n) is 24.2. The van der Waals surface area contributed by atoms with E-state index in [1.165, 1.54) is 12.5 Å². The van der Waals surface area contributed by atoms with E-state index in [2.05, 4.69) is 14.6 Å². The number of carbonyl (C=O) groups is 1. The summed E-state index contributed by atoms with van der Waals surface area (Å²) >= 11 is 0. The SMILES string of the molecule is C[C@H]1CN([C@@H](C)CO)C(=O)Cc2cc(NS(=O)(=O)c3cn(C)cn3)ccc2O[C@@H]1CN(C)Cc1ccc2c(c1)OCO2. The summed E-state index contributed by atoms with van der Waals surface area (Å²) in [4.78, 5) is 21.3. The Balaban J connectivity index is 1.40. The average Bonchev–Trinajstić information content (AvgIpc) is 3.61. The zero-order valence-corrected chi connectivity index (χ0v) is 25.0. The van der Waals surface area contributed by atoms with Crippen molar-refractivity contribution in [2.75, 3.05) is 38.3 Å². The molecule has 2 aliphatic heterocycles. The Labute approximate surface area is 245 Å². The van der Waals surface area contributed by atoms with Crippen molar-refractivity contribution in [3.05, 3.63) is 60.0 Å². The highest BCUT2D eigenvalue weighted by atomic mass is 32.2. The molecule has 1 amide bonds. The van der Waals surface area contributed by atoms with Gasteiger partial charge in [-0.2, -0.15) is 8.42 Å². The molecule has 0 aliphatic carbocycles. The zero-order chi connectivity index (χ0) is 30.0. The summed E-state index contributed by atoms with van der Waals surface area (Å²) in [5.74, 6) is 1.72. The summed E-state index contributed by atoms with van der Waals surface area (Å²) in [6, 6.07) is 10.4. The second-order valence-corrected chi connectivity index (χ2v) is 12.7. The number of benzene rings is 2. The number of sulfonamides is 1. The number of aliphatic hydroxyl groups is 1. The number of hydrogen-bond donors (Lipinski definition) is 2. The van der Waals surface area contributed by atoms with E-state index in [0.717, 1.165) is 17.1 Å². The van der Waals surface area contributed by atoms with Crippen LogP contribution in [-0.2, 0) is 34.8 Å². The molecule has 0 fully saturated rings. The molecule has 0 saturated heterocycles. The molecule has 0 spiro atoms. The summed E-state index contributed by atoms with van der Waals surface area (Å²) in [7, 11) is -0.238. The molecule has 0 saturated carbocycles. The van der Waals surface area contributed by atoms with Crippen molar-refractivity contribution in [2.45, 2.75) is 44.0 Å². The number of aliphatic hydroxyl groups excluding tert-OH is 1. The second kappa shape index (κ2) is 12.2. The highest BCUT2D eigenvalue weighted by Gasteiger charge is 2.31. The summed E-state index contributed by atoms with van der Waals surface area (Å²) in [5, 5.41) is 9.80. The molecule has 0 unspecified atom stereocenters. The lowest BCUT2D eigenvalue weighted by Gasteiger charge is -2.34. The molecule has 2 aromatic carbocycles. The minimum absolute atomic E-state index is 0.00863. The number of amides is 1. The van der Waals surface area contributed by atoms with Crippen molar-refractivity contribution in [1.29, 1.82) is 0 Å². The summed E-state index contributed by atoms with van der Waals surface area (Å²) in [6.07, 6.45) is 2.50. The molecule has 226 valence electrons. The summed E-state index contributed by atoms with van der Waals surface area (Å²) in [5.41, 5.74) is 1.91. The lowest BCUT2D eigenvalue weighted by atomic mass is 10.0. The number of aromatic nitrogens is 2. The first kappa shape index (κ1) is 29.7. The molecule has 2 N–H and O–H groups in total. The smallest absolute Gasteiger partial charge is 0.280 e. The number of carbonyl (C=O) groups excluding carboxylic acids is 1. The summed E-state index contributed by atoms with van der Waals surface area (Å²) in [6.45, 7) is 5.47. The lowest BCUT2D eigenvalue weighted by Crippen LogP contribution is -2.47. The average molecular weight is 600 g/mol. The molecule has 3 heterocycles. The molecule has 12 nitrogen and oxygen atoms in total. The number of ether oxygens (including phenoxy) is 3. The van der Waals surface area contributed by atoms with Crippen molar-refractivity contribution in [3.63, 3.8) is 0 Å². The van der Waals surface area contributed by atoms with Gasteiger partial charge in [0.1, 0.15) is 11.9 Å². The topological polar surface area (TPSA) is 135 Å². The van der Waals surface area contributed by atoms with Crippen LogP contribution in [-0.4, -0.2) is 84.5 Å². The van der Waals surface area contributed by atoms with E-state index in [9.17, 15) is 18.3 Å². The van der Waals surface area contributed by atoms with Gasteiger partial charge in [0.05, 0.1) is 25.4 Å². The van der Waals surface area contributed by atoms with E-state index >= 15 is 0 Å². The Morgan fingerprint density at radius 2 is 1.93 bits per heavy atom. The van der Waals surface area contributed by atoms with Crippen LogP contribution >= 0.6 is 0 Å². The van der Waals surface area contributed by atoms with Gasteiger partial charge in [0, 0.05) is 50.0 Å². The maximum absolute atomic E-state index is 13.5. The number of imidazole rings is 1. The molecular weight excluding hydrogens is 562 g/mol. The molecule has 3 aromatic rings. The van der Waals surface area contributed by atoms with Gasteiger partial charge in [-0.25, -0.2) is 4.98 Å². The Kier molecular flexibility index (Phi) is 8.62. The van der Waals surface area contributed by atoms with E-state index in [1.807, 2.05) is 39.1 Å². The molecule has 5 rings (SSSR count). The van der Waals surface area contributed by atoms with Gasteiger partial charge in [-0.3, -0.25) is 14.4 Å². The predicted octanol–water partition coefficient (Wildman–Crippen LogP) is 2.23. The largest absolute Gasteiger partial charge is 0.488 e. The first-order valence-electron chi connectivity index (χ1n) is 13.8. The Morgan fingerprint density at radius 3 is 2.67 bits per heavy atom. The number of fused-ring (bicyclic) bond motifs is 2. The lowest BCUT2D eigenvalue weighted by molar-refractivity contribution is -0.134. The van der Waals surface area contributed by atoms with Crippen LogP contribution in [0.4, 0.5) is 5.69 Å². The molecule has 13 heteroatoms. The fraction of sp³-hybridized carbons (Fsp3) is 0.448. The van der Waals surface area contributed by atoms with E-state index in [0.29, 0.717) is 36.6 Å². The van der Waals surface area contributed by atoms with Crippen LogP contribution in [0.15, 0.2) is 53.9 Å². The van der Waals surface area contributed by atoms with Crippen molar-refractivity contribution < 1.29 is 32.5 Å². The Morgan fingerprint density at radius 1 is 1.17 bits per heavy atom. The van der Waals surface area contributed by atoms with Gasteiger partial charge in [-0.1, -0.05) is 13.0 Å². The van der Waals surface area contributed by atoms with Gasteiger partial charge in [0.15, 0.2) is 16.5 Å². The van der Waals surface area contributed by atoms with Gasteiger partial charge in [0.2, 0.25) is 12.7 Å². The van der Waals surface area contributed by atoms with Gasteiger partial charge >= 0.3 is 0 Å². The van der Waals surface area contributed by atoms with E-state index in [1.54, 1.807) is 34.7 Å². The summed E-state index contributed by atoms with van der Waals surface area (Å²) < 4.78 is 47.4. The third-order valence-electron chi connectivity index (χ3n) is 7.51. The van der Waals surface area contributed by atoms with Crippen molar-refractivity contribution >= 4 is 21.6 Å². The van der Waals surface area contributed by atoms with Gasteiger partial charge in [0.25, 0.3) is 10.0 Å². The maximum atomic E-state index is 13.5. The minimum Gasteiger partial charge on any atom is -0.488 e. The fourth-order valence-corrected chi connectivity index (χ4v) is 6.20. The minimum atomic E-state index is -3.93. The van der Waals surface area contributed by atoms with E-state index in [-0.39, 0.29) is 48.8 Å². The molecule has 0 bridgehead atoms. The Bertz CT molecular complexity index is 1540. The standard InChI is InChI=1S/C29H37N5O7S/c1-19-12-34(20(2)16-35)29(36)11-22-10-23(31-42(37,38)28-15-33(4)17-30-28)6-8-24(22)41-27(19)14-32(3)13-21-5-7-25-26(9-21)40-18-39-25/h5-10,15,17,19-20,27,31,35H,11-14,16,18H2,1-4H3/t19-,20-,27+/m0/s1. The van der Waals surface area contributed by atoms with Crippen LogP contribution in [0, 0.1) is 5.92 Å². The van der Waals surface area contributed by atoms with Crippen molar-refractivity contribution in [3.8, 4) is 17.2 Å². The molecular formula is C29H37N5O7S. The van der Waals surface area contributed by atoms with Gasteiger partial charge in [-0.15, -0.1) is 0 Å². The van der Waals surface area contributed by atoms with Crippen LogP contribution in [0.3, 0.4) is 0 Å². The van der Waals surface area contributed by atoms with Crippen LogP contribution in [0.5, 0.6) is 17.2 Å². The number of rotatable bonds is 9. The van der Waals surface area contributed by atoms with Gasteiger partial charge in [-0.05, 0) is 49.9 Å². The first-order chi connectivity index (χ1) is 20.0. The van der Waals surface area contributed by atoms with Crippen molar-refractivity contribution in [1.82, 2.24) is 19.4 Å². The fourth-order valence-electron chi connectivity index (χ4n) is 5.17.